The van der Waals surface area contributed by atoms with Gasteiger partial charge in [0.15, 0.2) is 0 Å². The minimum atomic E-state index is -0.176. The third-order valence-corrected chi connectivity index (χ3v) is 3.69. The Morgan fingerprint density at radius 2 is 1.85 bits per heavy atom. The highest BCUT2D eigenvalue weighted by Crippen LogP contribution is 2.29. The van der Waals surface area contributed by atoms with Crippen molar-refractivity contribution >= 4 is 23.2 Å². The Morgan fingerprint density at radius 3 is 2.50 bits per heavy atom. The lowest BCUT2D eigenvalue weighted by molar-refractivity contribution is 0.339. The monoisotopic (exact) mass is 310 g/mol. The Balaban J connectivity index is 2.36. The molecule has 20 heavy (non-hydrogen) atoms. The zero-order chi connectivity index (χ0) is 14.5. The molecule has 0 aliphatic rings. The zero-order valence-corrected chi connectivity index (χ0v) is 12.6. The van der Waals surface area contributed by atoms with Crippen LogP contribution in [0.1, 0.15) is 24.1 Å². The normalized spacial score (nSPS) is 12.2. The van der Waals surface area contributed by atoms with Crippen molar-refractivity contribution in [3.8, 4) is 5.75 Å². The van der Waals surface area contributed by atoms with E-state index in [4.69, 9.17) is 33.8 Å². The maximum Gasteiger partial charge on any atom is 0.119 e. The Morgan fingerprint density at radius 1 is 1.10 bits per heavy atom. The highest BCUT2D eigenvalue weighted by atomic mass is 35.5. The summed E-state index contributed by atoms with van der Waals surface area (Å²) in [6, 6.07) is 13.1. The zero-order valence-electron chi connectivity index (χ0n) is 11.1. The average molecular weight is 311 g/mol. The molecule has 0 amide bonds. The van der Waals surface area contributed by atoms with Crippen LogP contribution in [0.2, 0.25) is 10.0 Å². The van der Waals surface area contributed by atoms with Crippen molar-refractivity contribution in [2.24, 2.45) is 5.84 Å². The highest BCUT2D eigenvalue weighted by Gasteiger charge is 2.14. The van der Waals surface area contributed by atoms with E-state index >= 15 is 0 Å². The van der Waals surface area contributed by atoms with Crippen LogP contribution in [0.5, 0.6) is 5.75 Å². The van der Waals surface area contributed by atoms with Crippen LogP contribution in [0.3, 0.4) is 0 Å². The summed E-state index contributed by atoms with van der Waals surface area (Å²) in [5, 5.41) is 1.03. The van der Waals surface area contributed by atoms with E-state index in [1.807, 2.05) is 43.3 Å². The molecule has 0 aliphatic carbocycles. The number of rotatable bonds is 5. The molecule has 3 nitrogen and oxygen atoms in total. The molecule has 5 heteroatoms. The van der Waals surface area contributed by atoms with Gasteiger partial charge in [-0.1, -0.05) is 41.4 Å². The molecule has 0 heterocycles. The van der Waals surface area contributed by atoms with Crippen molar-refractivity contribution in [2.75, 3.05) is 6.61 Å². The molecule has 0 aromatic heterocycles. The van der Waals surface area contributed by atoms with Gasteiger partial charge in [0.05, 0.1) is 22.7 Å². The fourth-order valence-electron chi connectivity index (χ4n) is 2.03. The molecule has 0 radical (unpaired) electrons. The summed E-state index contributed by atoms with van der Waals surface area (Å²) in [5.41, 5.74) is 4.73. The molecule has 106 valence electrons. The van der Waals surface area contributed by atoms with E-state index in [9.17, 15) is 0 Å². The van der Waals surface area contributed by atoms with E-state index in [2.05, 4.69) is 5.43 Å². The minimum absolute atomic E-state index is 0.176. The lowest BCUT2D eigenvalue weighted by Crippen LogP contribution is -2.28. The average Bonchev–Trinajstić information content (AvgIpc) is 2.44. The predicted octanol–water partition coefficient (Wildman–Crippen LogP) is 3.94. The third-order valence-electron chi connectivity index (χ3n) is 2.95. The summed E-state index contributed by atoms with van der Waals surface area (Å²) >= 11 is 12.0. The van der Waals surface area contributed by atoms with Crippen LogP contribution in [-0.4, -0.2) is 6.61 Å². The maximum atomic E-state index is 6.06. The number of halogens is 2. The lowest BCUT2D eigenvalue weighted by atomic mass is 9.99. The number of hydrazine groups is 1. The second-order valence-electron chi connectivity index (χ2n) is 4.28. The van der Waals surface area contributed by atoms with Gasteiger partial charge >= 0.3 is 0 Å². The van der Waals surface area contributed by atoms with Crippen molar-refractivity contribution in [3.63, 3.8) is 0 Å². The van der Waals surface area contributed by atoms with Crippen LogP contribution in [0.25, 0.3) is 0 Å². The van der Waals surface area contributed by atoms with Crippen molar-refractivity contribution < 1.29 is 4.74 Å². The summed E-state index contributed by atoms with van der Waals surface area (Å²) in [5.74, 6) is 6.49. The number of hydrogen-bond donors (Lipinski definition) is 2. The Labute approximate surface area is 128 Å². The molecule has 0 fully saturated rings. The summed E-state index contributed by atoms with van der Waals surface area (Å²) < 4.78 is 5.50. The molecule has 2 aromatic carbocycles. The first kappa shape index (κ1) is 15.1. The van der Waals surface area contributed by atoms with Gasteiger partial charge in [-0.05, 0) is 42.3 Å². The molecule has 2 aromatic rings. The van der Waals surface area contributed by atoms with Gasteiger partial charge in [0, 0.05) is 0 Å². The molecule has 0 bridgehead atoms. The second-order valence-corrected chi connectivity index (χ2v) is 5.09. The highest BCUT2D eigenvalue weighted by molar-refractivity contribution is 6.42. The molecule has 0 saturated carbocycles. The SMILES string of the molecule is CCOc1cccc(C(NN)c2ccc(Cl)c(Cl)c2)c1. The standard InChI is InChI=1S/C15H16Cl2N2O/c1-2-20-12-5-3-4-10(8-12)15(19-18)11-6-7-13(16)14(17)9-11/h3-9,15,19H,2,18H2,1H3. The third kappa shape index (κ3) is 3.44. The molecule has 0 aliphatic heterocycles. The number of nitrogens with two attached hydrogens (primary N) is 1. The minimum Gasteiger partial charge on any atom is -0.494 e. The quantitative estimate of drug-likeness (QED) is 0.649. The van der Waals surface area contributed by atoms with Crippen molar-refractivity contribution in [3.05, 3.63) is 63.6 Å². The van der Waals surface area contributed by atoms with Crippen LogP contribution in [-0.2, 0) is 0 Å². The van der Waals surface area contributed by atoms with E-state index in [1.54, 1.807) is 6.07 Å². The van der Waals surface area contributed by atoms with Crippen molar-refractivity contribution in [2.45, 2.75) is 13.0 Å². The topological polar surface area (TPSA) is 47.3 Å². The van der Waals surface area contributed by atoms with Gasteiger partial charge in [0.2, 0.25) is 0 Å². The molecule has 2 rings (SSSR count). The molecular formula is C15H16Cl2N2O. The predicted molar refractivity (Wildman–Crippen MR) is 83.2 cm³/mol. The Hall–Kier alpha value is -1.26. The van der Waals surface area contributed by atoms with E-state index in [-0.39, 0.29) is 6.04 Å². The van der Waals surface area contributed by atoms with E-state index in [1.165, 1.54) is 0 Å². The van der Waals surface area contributed by atoms with Gasteiger partial charge in [-0.25, -0.2) is 5.43 Å². The first-order valence-corrected chi connectivity index (χ1v) is 7.05. The fourth-order valence-corrected chi connectivity index (χ4v) is 2.33. The summed E-state index contributed by atoms with van der Waals surface area (Å²) in [7, 11) is 0. The second kappa shape index (κ2) is 6.95. The number of hydrogen-bond acceptors (Lipinski definition) is 3. The van der Waals surface area contributed by atoms with Gasteiger partial charge < -0.3 is 4.74 Å². The van der Waals surface area contributed by atoms with Gasteiger partial charge in [0.1, 0.15) is 5.75 Å². The Kier molecular flexibility index (Phi) is 5.26. The summed E-state index contributed by atoms with van der Waals surface area (Å²) in [4.78, 5) is 0. The molecule has 1 unspecified atom stereocenters. The Bertz CT molecular complexity index is 590. The van der Waals surface area contributed by atoms with Crippen LogP contribution < -0.4 is 16.0 Å². The van der Waals surface area contributed by atoms with Crippen molar-refractivity contribution in [1.29, 1.82) is 0 Å². The van der Waals surface area contributed by atoms with E-state index < -0.39 is 0 Å². The maximum absolute atomic E-state index is 6.06. The van der Waals surface area contributed by atoms with E-state index in [0.717, 1.165) is 16.9 Å². The van der Waals surface area contributed by atoms with Crippen LogP contribution in [0.15, 0.2) is 42.5 Å². The molecule has 1 atom stereocenters. The summed E-state index contributed by atoms with van der Waals surface area (Å²) in [6.07, 6.45) is 0. The van der Waals surface area contributed by atoms with E-state index in [0.29, 0.717) is 16.7 Å². The number of nitrogens with one attached hydrogen (secondary N) is 1. The molecule has 0 spiro atoms. The fraction of sp³-hybridized carbons (Fsp3) is 0.200. The van der Waals surface area contributed by atoms with Gasteiger partial charge in [0.25, 0.3) is 0 Å². The van der Waals surface area contributed by atoms with Gasteiger partial charge in [-0.15, -0.1) is 0 Å². The van der Waals surface area contributed by atoms with Gasteiger partial charge in [-0.2, -0.15) is 0 Å². The number of ether oxygens (including phenoxy) is 1. The smallest absolute Gasteiger partial charge is 0.119 e. The van der Waals surface area contributed by atoms with Gasteiger partial charge in [-0.3, -0.25) is 5.84 Å². The lowest BCUT2D eigenvalue weighted by Gasteiger charge is -2.18. The largest absolute Gasteiger partial charge is 0.494 e. The van der Waals surface area contributed by atoms with Crippen LogP contribution in [0, 0.1) is 0 Å². The summed E-state index contributed by atoms with van der Waals surface area (Å²) in [6.45, 7) is 2.57. The van der Waals surface area contributed by atoms with Crippen LogP contribution >= 0.6 is 23.2 Å². The van der Waals surface area contributed by atoms with Crippen molar-refractivity contribution in [1.82, 2.24) is 5.43 Å². The first-order valence-electron chi connectivity index (χ1n) is 6.29. The number of benzene rings is 2. The molecule has 0 saturated heterocycles. The van der Waals surface area contributed by atoms with Crippen LogP contribution in [0.4, 0.5) is 0 Å². The first-order chi connectivity index (χ1) is 9.65. The molecular weight excluding hydrogens is 295 g/mol. The molecule has 3 N–H and O–H groups in total.